The van der Waals surface area contributed by atoms with Crippen LogP contribution in [-0.2, 0) is 11.2 Å². The fourth-order valence-corrected chi connectivity index (χ4v) is 3.13. The number of carbonyl (C=O) groups is 1. The minimum atomic E-state index is -0.240. The predicted octanol–water partition coefficient (Wildman–Crippen LogP) is 4.38. The van der Waals surface area contributed by atoms with Crippen LogP contribution in [0, 0.1) is 6.92 Å². The van der Waals surface area contributed by atoms with Gasteiger partial charge in [-0.2, -0.15) is 0 Å². The van der Waals surface area contributed by atoms with Crippen LogP contribution in [-0.4, -0.2) is 25.7 Å². The molecule has 1 atom stereocenters. The molecular formula is C22H25NO4. The lowest BCUT2D eigenvalue weighted by molar-refractivity contribution is -0.111. The van der Waals surface area contributed by atoms with Crippen LogP contribution in [0.2, 0.25) is 0 Å². The zero-order valence-corrected chi connectivity index (χ0v) is 16.2. The molecule has 2 aromatic rings. The lowest BCUT2D eigenvalue weighted by atomic mass is 10.1. The quantitative estimate of drug-likeness (QED) is 0.770. The second kappa shape index (κ2) is 8.16. The molecule has 0 fully saturated rings. The number of fused-ring (bicyclic) bond motifs is 1. The van der Waals surface area contributed by atoms with Crippen LogP contribution in [0.5, 0.6) is 17.2 Å². The van der Waals surface area contributed by atoms with Crippen molar-refractivity contribution in [1.82, 2.24) is 0 Å². The number of carbonyl (C=O) groups excluding carboxylic acids is 1. The number of hydrogen-bond acceptors (Lipinski definition) is 4. The van der Waals surface area contributed by atoms with Gasteiger partial charge in [-0.3, -0.25) is 4.79 Å². The summed E-state index contributed by atoms with van der Waals surface area (Å²) in [6.07, 6.45) is 4.26. The molecule has 5 nitrogen and oxygen atoms in total. The van der Waals surface area contributed by atoms with Crippen molar-refractivity contribution in [3.05, 3.63) is 53.1 Å². The van der Waals surface area contributed by atoms with Gasteiger partial charge in [0.25, 0.3) is 0 Å². The van der Waals surface area contributed by atoms with Crippen LogP contribution in [0.4, 0.5) is 5.69 Å². The molecule has 1 unspecified atom stereocenters. The second-order valence-electron chi connectivity index (χ2n) is 6.59. The zero-order valence-electron chi connectivity index (χ0n) is 16.2. The maximum Gasteiger partial charge on any atom is 0.248 e. The molecule has 1 aliphatic heterocycles. The molecule has 1 N–H and O–H groups in total. The Bertz CT molecular complexity index is 873. The molecule has 0 saturated heterocycles. The molecular weight excluding hydrogens is 342 g/mol. The molecule has 5 heteroatoms. The average molecular weight is 367 g/mol. The normalized spacial score (nSPS) is 15.3. The van der Waals surface area contributed by atoms with Crippen LogP contribution in [0.1, 0.15) is 30.5 Å². The van der Waals surface area contributed by atoms with Gasteiger partial charge in [-0.1, -0.05) is 6.07 Å². The molecule has 27 heavy (non-hydrogen) atoms. The molecule has 1 aliphatic rings. The maximum absolute atomic E-state index is 12.4. The van der Waals surface area contributed by atoms with Crippen LogP contribution >= 0.6 is 0 Å². The smallest absolute Gasteiger partial charge is 0.248 e. The Labute approximate surface area is 159 Å². The summed E-state index contributed by atoms with van der Waals surface area (Å²) in [5.74, 6) is 1.99. The number of anilines is 1. The van der Waals surface area contributed by atoms with Crippen molar-refractivity contribution in [2.24, 2.45) is 0 Å². The van der Waals surface area contributed by atoms with Crippen molar-refractivity contribution in [2.45, 2.75) is 33.3 Å². The van der Waals surface area contributed by atoms with E-state index in [2.05, 4.69) is 5.32 Å². The molecule has 0 bridgehead atoms. The summed E-state index contributed by atoms with van der Waals surface area (Å²) < 4.78 is 16.9. The summed E-state index contributed by atoms with van der Waals surface area (Å²) >= 11 is 0. The Hall–Kier alpha value is -2.95. The van der Waals surface area contributed by atoms with Gasteiger partial charge in [0.15, 0.2) is 0 Å². The Morgan fingerprint density at radius 3 is 2.85 bits per heavy atom. The summed E-state index contributed by atoms with van der Waals surface area (Å²) in [7, 11) is 1.58. The van der Waals surface area contributed by atoms with E-state index in [-0.39, 0.29) is 12.0 Å². The highest BCUT2D eigenvalue weighted by atomic mass is 16.5. The number of benzene rings is 2. The van der Waals surface area contributed by atoms with Gasteiger partial charge in [-0.25, -0.2) is 0 Å². The van der Waals surface area contributed by atoms with Crippen molar-refractivity contribution < 1.29 is 19.0 Å². The Morgan fingerprint density at radius 2 is 2.11 bits per heavy atom. The van der Waals surface area contributed by atoms with E-state index < -0.39 is 0 Å². The fraction of sp³-hybridized carbons (Fsp3) is 0.318. The summed E-state index contributed by atoms with van der Waals surface area (Å²) in [4.78, 5) is 12.4. The van der Waals surface area contributed by atoms with E-state index in [1.165, 1.54) is 6.08 Å². The predicted molar refractivity (Wildman–Crippen MR) is 107 cm³/mol. The Balaban J connectivity index is 1.80. The van der Waals surface area contributed by atoms with Crippen molar-refractivity contribution in [3.8, 4) is 17.2 Å². The van der Waals surface area contributed by atoms with Gasteiger partial charge in [-0.15, -0.1) is 0 Å². The Morgan fingerprint density at radius 1 is 1.30 bits per heavy atom. The number of aryl methyl sites for hydroxylation is 1. The molecule has 0 spiro atoms. The summed E-state index contributed by atoms with van der Waals surface area (Å²) in [6, 6.07) is 9.58. The number of nitrogens with one attached hydrogen (secondary N) is 1. The molecule has 0 saturated carbocycles. The van der Waals surface area contributed by atoms with Crippen molar-refractivity contribution in [3.63, 3.8) is 0 Å². The van der Waals surface area contributed by atoms with Crippen LogP contribution in [0.15, 0.2) is 36.4 Å². The van der Waals surface area contributed by atoms with Crippen LogP contribution < -0.4 is 19.5 Å². The van der Waals surface area contributed by atoms with E-state index in [0.29, 0.717) is 18.0 Å². The van der Waals surface area contributed by atoms with E-state index in [1.807, 2.05) is 51.1 Å². The van der Waals surface area contributed by atoms with Crippen molar-refractivity contribution in [1.29, 1.82) is 0 Å². The van der Waals surface area contributed by atoms with Crippen molar-refractivity contribution >= 4 is 17.7 Å². The van der Waals surface area contributed by atoms with Gasteiger partial charge in [0, 0.05) is 23.6 Å². The number of ether oxygens (including phenoxy) is 3. The van der Waals surface area contributed by atoms with Gasteiger partial charge in [0.2, 0.25) is 5.91 Å². The highest BCUT2D eigenvalue weighted by Crippen LogP contribution is 2.35. The van der Waals surface area contributed by atoms with E-state index in [1.54, 1.807) is 13.2 Å². The molecule has 1 amide bonds. The minimum absolute atomic E-state index is 0.158. The largest absolute Gasteiger partial charge is 0.495 e. The number of rotatable bonds is 6. The SMILES string of the molecule is CCOc1cc2c(cc1/C=C/C(=O)Nc1cc(C)ccc1OC)OC(C)C2. The van der Waals surface area contributed by atoms with E-state index in [4.69, 9.17) is 14.2 Å². The topological polar surface area (TPSA) is 56.8 Å². The average Bonchev–Trinajstić information content (AvgIpc) is 2.99. The number of methoxy groups -OCH3 is 1. The standard InChI is InChI=1S/C22H25NO4/c1-5-26-20-13-17-11-15(3)27-21(17)12-16(20)7-9-22(24)23-18-10-14(2)6-8-19(18)25-4/h6-10,12-13,15H,5,11H2,1-4H3,(H,23,24)/b9-7+. The van der Waals surface area contributed by atoms with E-state index >= 15 is 0 Å². The summed E-state index contributed by atoms with van der Waals surface area (Å²) in [5.41, 5.74) is 3.63. The number of amides is 1. The second-order valence-corrected chi connectivity index (χ2v) is 6.59. The first-order chi connectivity index (χ1) is 13.0. The molecule has 3 rings (SSSR count). The minimum Gasteiger partial charge on any atom is -0.495 e. The summed E-state index contributed by atoms with van der Waals surface area (Å²) in [6.45, 7) is 6.50. The molecule has 0 aromatic heterocycles. The first kappa shape index (κ1) is 18.8. The van der Waals surface area contributed by atoms with Crippen molar-refractivity contribution in [2.75, 3.05) is 19.0 Å². The highest BCUT2D eigenvalue weighted by molar-refractivity contribution is 6.03. The molecule has 0 radical (unpaired) electrons. The van der Waals surface area contributed by atoms with Gasteiger partial charge in [0.05, 0.1) is 19.4 Å². The molecule has 0 aliphatic carbocycles. The Kier molecular flexibility index (Phi) is 5.69. The molecule has 142 valence electrons. The van der Waals surface area contributed by atoms with E-state index in [9.17, 15) is 4.79 Å². The molecule has 1 heterocycles. The number of hydrogen-bond donors (Lipinski definition) is 1. The lowest BCUT2D eigenvalue weighted by Crippen LogP contribution is -2.09. The van der Waals surface area contributed by atoms with Gasteiger partial charge in [-0.05, 0) is 56.7 Å². The third kappa shape index (κ3) is 4.42. The van der Waals surface area contributed by atoms with Gasteiger partial charge < -0.3 is 19.5 Å². The monoisotopic (exact) mass is 367 g/mol. The first-order valence-electron chi connectivity index (χ1n) is 9.10. The first-order valence-corrected chi connectivity index (χ1v) is 9.10. The third-order valence-corrected chi connectivity index (χ3v) is 4.36. The van der Waals surface area contributed by atoms with Crippen LogP contribution in [0.3, 0.4) is 0 Å². The van der Waals surface area contributed by atoms with Gasteiger partial charge >= 0.3 is 0 Å². The zero-order chi connectivity index (χ0) is 19.4. The lowest BCUT2D eigenvalue weighted by Gasteiger charge is -2.11. The van der Waals surface area contributed by atoms with Crippen LogP contribution in [0.25, 0.3) is 6.08 Å². The fourth-order valence-electron chi connectivity index (χ4n) is 3.13. The van der Waals surface area contributed by atoms with E-state index in [0.717, 1.165) is 34.6 Å². The van der Waals surface area contributed by atoms with Gasteiger partial charge in [0.1, 0.15) is 23.4 Å². The molecule has 2 aromatic carbocycles. The summed E-state index contributed by atoms with van der Waals surface area (Å²) in [5, 5.41) is 2.86. The third-order valence-electron chi connectivity index (χ3n) is 4.36. The highest BCUT2D eigenvalue weighted by Gasteiger charge is 2.21. The maximum atomic E-state index is 12.4.